The van der Waals surface area contributed by atoms with Crippen LogP contribution in [-0.4, -0.2) is 37.2 Å². The van der Waals surface area contributed by atoms with Crippen LogP contribution in [0.4, 0.5) is 0 Å². The first-order chi connectivity index (χ1) is 11.0. The van der Waals surface area contributed by atoms with Gasteiger partial charge in [0.1, 0.15) is 6.04 Å². The van der Waals surface area contributed by atoms with E-state index in [4.69, 9.17) is 5.11 Å². The van der Waals surface area contributed by atoms with Crippen LogP contribution in [0.25, 0.3) is 5.65 Å². The lowest BCUT2D eigenvalue weighted by molar-refractivity contribution is -0.142. The quantitative estimate of drug-likeness (QED) is 0.686. The maximum atomic E-state index is 12.0. The molecule has 2 aromatic rings. The lowest BCUT2D eigenvalue weighted by Gasteiger charge is -2.13. The van der Waals surface area contributed by atoms with E-state index in [1.165, 1.54) is 9.08 Å². The third kappa shape index (κ3) is 4.06. The normalized spacial score (nSPS) is 12.0. The van der Waals surface area contributed by atoms with Crippen LogP contribution in [0.3, 0.4) is 0 Å². The number of carboxylic acids is 1. The largest absolute Gasteiger partial charge is 0.480 e. The van der Waals surface area contributed by atoms with Crippen molar-refractivity contribution in [2.75, 3.05) is 0 Å². The number of aliphatic carboxylic acids is 1. The number of nitrogens with one attached hydrogen (secondary N) is 1. The van der Waals surface area contributed by atoms with Crippen molar-refractivity contribution in [1.29, 1.82) is 0 Å². The van der Waals surface area contributed by atoms with Crippen molar-refractivity contribution < 1.29 is 14.7 Å². The van der Waals surface area contributed by atoms with Crippen molar-refractivity contribution in [3.05, 3.63) is 47.5 Å². The average Bonchev–Trinajstić information content (AvgIpc) is 2.86. The van der Waals surface area contributed by atoms with Crippen LogP contribution in [0.15, 0.2) is 41.8 Å². The van der Waals surface area contributed by atoms with Crippen LogP contribution in [0.5, 0.6) is 0 Å². The Kier molecular flexibility index (Phi) is 5.29. The van der Waals surface area contributed by atoms with Gasteiger partial charge in [-0.15, -0.1) is 11.7 Å². The number of allylic oxidation sites excluding steroid dienone is 1. The third-order valence-electron chi connectivity index (χ3n) is 3.33. The fourth-order valence-corrected chi connectivity index (χ4v) is 2.13. The van der Waals surface area contributed by atoms with Gasteiger partial charge in [-0.05, 0) is 25.0 Å². The molecular formula is C15H18N4O4. The van der Waals surface area contributed by atoms with Gasteiger partial charge < -0.3 is 10.4 Å². The van der Waals surface area contributed by atoms with E-state index < -0.39 is 17.9 Å². The number of rotatable bonds is 8. The molecule has 23 heavy (non-hydrogen) atoms. The molecule has 0 aliphatic rings. The molecule has 2 heterocycles. The lowest BCUT2D eigenvalue weighted by atomic mass is 10.1. The van der Waals surface area contributed by atoms with Crippen molar-refractivity contribution in [2.24, 2.45) is 0 Å². The molecule has 8 heteroatoms. The number of pyridine rings is 1. The minimum absolute atomic E-state index is 0.0261. The Bertz CT molecular complexity index is 777. The second kappa shape index (κ2) is 7.39. The second-order valence-electron chi connectivity index (χ2n) is 5.01. The van der Waals surface area contributed by atoms with E-state index in [-0.39, 0.29) is 25.1 Å². The molecule has 1 atom stereocenters. The maximum absolute atomic E-state index is 12.0. The molecule has 1 unspecified atom stereocenters. The van der Waals surface area contributed by atoms with Gasteiger partial charge in [0.15, 0.2) is 5.65 Å². The Hall–Kier alpha value is -2.90. The van der Waals surface area contributed by atoms with E-state index in [9.17, 15) is 14.4 Å². The fourth-order valence-electron chi connectivity index (χ4n) is 2.13. The predicted molar refractivity (Wildman–Crippen MR) is 83.1 cm³/mol. The molecule has 0 aromatic carbocycles. The molecule has 1 amide bonds. The van der Waals surface area contributed by atoms with Crippen molar-refractivity contribution in [3.63, 3.8) is 0 Å². The van der Waals surface area contributed by atoms with Gasteiger partial charge in [-0.2, -0.15) is 0 Å². The zero-order valence-electron chi connectivity index (χ0n) is 12.5. The van der Waals surface area contributed by atoms with Crippen molar-refractivity contribution in [3.8, 4) is 0 Å². The van der Waals surface area contributed by atoms with Gasteiger partial charge in [0, 0.05) is 12.6 Å². The van der Waals surface area contributed by atoms with Gasteiger partial charge in [-0.1, -0.05) is 12.1 Å². The molecule has 0 bridgehead atoms. The Morgan fingerprint density at radius 3 is 2.87 bits per heavy atom. The minimum atomic E-state index is -1.09. The van der Waals surface area contributed by atoms with E-state index in [1.54, 1.807) is 30.5 Å². The maximum Gasteiger partial charge on any atom is 0.350 e. The van der Waals surface area contributed by atoms with Crippen LogP contribution in [0.1, 0.15) is 19.3 Å². The van der Waals surface area contributed by atoms with Gasteiger partial charge in [-0.3, -0.25) is 9.20 Å². The Morgan fingerprint density at radius 1 is 1.43 bits per heavy atom. The molecule has 0 saturated carbocycles. The summed E-state index contributed by atoms with van der Waals surface area (Å²) in [5, 5.41) is 15.6. The highest BCUT2D eigenvalue weighted by Gasteiger charge is 2.19. The monoisotopic (exact) mass is 318 g/mol. The molecule has 2 rings (SSSR count). The zero-order chi connectivity index (χ0) is 16.8. The summed E-state index contributed by atoms with van der Waals surface area (Å²) in [6.45, 7) is 3.61. The lowest BCUT2D eigenvalue weighted by Crippen LogP contribution is -2.41. The first-order valence-electron chi connectivity index (χ1n) is 7.20. The summed E-state index contributed by atoms with van der Waals surface area (Å²) in [4.78, 5) is 35.0. The van der Waals surface area contributed by atoms with Gasteiger partial charge in [0.2, 0.25) is 5.91 Å². The molecule has 122 valence electrons. The summed E-state index contributed by atoms with van der Waals surface area (Å²) in [6.07, 6.45) is 3.93. The summed E-state index contributed by atoms with van der Waals surface area (Å²) in [6, 6.07) is 4.20. The molecule has 0 radical (unpaired) electrons. The number of hydrogen-bond acceptors (Lipinski definition) is 4. The minimum Gasteiger partial charge on any atom is -0.480 e. The van der Waals surface area contributed by atoms with Crippen molar-refractivity contribution >= 4 is 17.5 Å². The standard InChI is InChI=1S/C15H18N4O4/c1-2-3-6-11(14(21)22)16-13(20)8-10-19-15(23)18-9-5-4-7-12(18)17-19/h2,4-5,7,9,11H,1,3,6,8,10H2,(H,16,20)(H,21,22). The van der Waals surface area contributed by atoms with Crippen LogP contribution >= 0.6 is 0 Å². The summed E-state index contributed by atoms with van der Waals surface area (Å²) in [5.41, 5.74) is 0.155. The Morgan fingerprint density at radius 2 is 2.22 bits per heavy atom. The van der Waals surface area contributed by atoms with Crippen LogP contribution < -0.4 is 11.0 Å². The number of nitrogens with zero attached hydrogens (tertiary/aromatic N) is 3. The van der Waals surface area contributed by atoms with Crippen molar-refractivity contribution in [1.82, 2.24) is 19.5 Å². The number of hydrogen-bond donors (Lipinski definition) is 2. The summed E-state index contributed by atoms with van der Waals surface area (Å²) in [7, 11) is 0. The number of amides is 1. The molecule has 0 aliphatic carbocycles. The molecular weight excluding hydrogens is 300 g/mol. The molecule has 0 spiro atoms. The first-order valence-corrected chi connectivity index (χ1v) is 7.20. The van der Waals surface area contributed by atoms with Crippen LogP contribution in [0, 0.1) is 0 Å². The molecule has 8 nitrogen and oxygen atoms in total. The second-order valence-corrected chi connectivity index (χ2v) is 5.01. The zero-order valence-corrected chi connectivity index (χ0v) is 12.5. The predicted octanol–water partition coefficient (Wildman–Crippen LogP) is 0.422. The number of aryl methyl sites for hydroxylation is 1. The summed E-state index contributed by atoms with van der Waals surface area (Å²) in [5.74, 6) is -1.53. The highest BCUT2D eigenvalue weighted by Crippen LogP contribution is 2.00. The van der Waals surface area contributed by atoms with Gasteiger partial charge >= 0.3 is 11.7 Å². The molecule has 0 aliphatic heterocycles. The van der Waals surface area contributed by atoms with E-state index in [1.807, 2.05) is 0 Å². The van der Waals surface area contributed by atoms with E-state index in [2.05, 4.69) is 17.0 Å². The van der Waals surface area contributed by atoms with Gasteiger partial charge in [0.05, 0.1) is 6.54 Å². The van der Waals surface area contributed by atoms with Crippen molar-refractivity contribution in [2.45, 2.75) is 31.8 Å². The highest BCUT2D eigenvalue weighted by molar-refractivity contribution is 5.83. The number of carbonyl (C=O) groups excluding carboxylic acids is 1. The molecule has 0 fully saturated rings. The molecule has 2 aromatic heterocycles. The first kappa shape index (κ1) is 16.5. The smallest absolute Gasteiger partial charge is 0.350 e. The third-order valence-corrected chi connectivity index (χ3v) is 3.33. The molecule has 0 saturated heterocycles. The summed E-state index contributed by atoms with van der Waals surface area (Å²) < 4.78 is 2.57. The van der Waals surface area contributed by atoms with E-state index >= 15 is 0 Å². The van der Waals surface area contributed by atoms with Crippen LogP contribution in [0.2, 0.25) is 0 Å². The SMILES string of the molecule is C=CCCC(NC(=O)CCn1nc2ccccn2c1=O)C(=O)O. The van der Waals surface area contributed by atoms with E-state index in [0.717, 1.165) is 0 Å². The molecule has 2 N–H and O–H groups in total. The van der Waals surface area contributed by atoms with Gasteiger partial charge in [-0.25, -0.2) is 14.3 Å². The number of carboxylic acid groups (broad SMARTS) is 1. The number of aromatic nitrogens is 3. The fraction of sp³-hybridized carbons (Fsp3) is 0.333. The Labute approximate surface area is 132 Å². The Balaban J connectivity index is 1.97. The van der Waals surface area contributed by atoms with E-state index in [0.29, 0.717) is 12.1 Å². The van der Waals surface area contributed by atoms with Gasteiger partial charge in [0.25, 0.3) is 0 Å². The number of fused-ring (bicyclic) bond motifs is 1. The summed E-state index contributed by atoms with van der Waals surface area (Å²) >= 11 is 0. The van der Waals surface area contributed by atoms with Crippen LogP contribution in [-0.2, 0) is 16.1 Å². The highest BCUT2D eigenvalue weighted by atomic mass is 16.4. The average molecular weight is 318 g/mol. The number of carbonyl (C=O) groups is 2. The topological polar surface area (TPSA) is 106 Å².